The van der Waals surface area contributed by atoms with E-state index >= 15 is 0 Å². The van der Waals surface area contributed by atoms with E-state index in [4.69, 9.17) is 9.47 Å². The number of aliphatic carboxylic acids is 1. The molecular formula is C23H34F3NO6S. The van der Waals surface area contributed by atoms with Crippen LogP contribution in [0.5, 0.6) is 5.75 Å². The summed E-state index contributed by atoms with van der Waals surface area (Å²) in [5.74, 6) is 0.964. The number of carbonyl (C=O) groups excluding carboxylic acids is 1. The lowest BCUT2D eigenvalue weighted by atomic mass is 10.1. The first-order valence-electron chi connectivity index (χ1n) is 11.3. The largest absolute Gasteiger partial charge is 0.492 e. The highest BCUT2D eigenvalue weighted by molar-refractivity contribution is 7.99. The summed E-state index contributed by atoms with van der Waals surface area (Å²) in [7, 11) is 0. The molecule has 1 amide bonds. The van der Waals surface area contributed by atoms with Crippen LogP contribution in [0.15, 0.2) is 24.3 Å². The molecule has 0 radical (unpaired) electrons. The van der Waals surface area contributed by atoms with Crippen LogP contribution in [-0.2, 0) is 20.7 Å². The van der Waals surface area contributed by atoms with Crippen LogP contribution < -0.4 is 4.74 Å². The number of carboxylic acid groups (broad SMARTS) is 1. The van der Waals surface area contributed by atoms with Crippen molar-refractivity contribution in [3.05, 3.63) is 29.8 Å². The van der Waals surface area contributed by atoms with Gasteiger partial charge in [0.25, 0.3) is 0 Å². The second-order valence-corrected chi connectivity index (χ2v) is 8.68. The molecule has 0 aliphatic heterocycles. The highest BCUT2D eigenvalue weighted by Gasteiger charge is 2.30. The van der Waals surface area contributed by atoms with Crippen molar-refractivity contribution in [1.82, 2.24) is 4.90 Å². The number of rotatable bonds is 17. The molecule has 1 atom stereocenters. The lowest BCUT2D eigenvalue weighted by Gasteiger charge is -2.22. The van der Waals surface area contributed by atoms with Gasteiger partial charge in [-0.3, -0.25) is 0 Å². The summed E-state index contributed by atoms with van der Waals surface area (Å²) in [4.78, 5) is 24.6. The molecule has 1 unspecified atom stereocenters. The molecule has 0 bridgehead atoms. The molecule has 11 heteroatoms. The zero-order valence-electron chi connectivity index (χ0n) is 19.6. The van der Waals surface area contributed by atoms with Gasteiger partial charge in [-0.15, -0.1) is 0 Å². The van der Waals surface area contributed by atoms with E-state index in [1.165, 1.54) is 4.90 Å². The molecule has 0 saturated heterocycles. The van der Waals surface area contributed by atoms with Crippen molar-refractivity contribution in [2.24, 2.45) is 0 Å². The number of benzene rings is 1. The summed E-state index contributed by atoms with van der Waals surface area (Å²) in [5, 5.41) is 9.18. The zero-order valence-corrected chi connectivity index (χ0v) is 20.5. The third-order valence-corrected chi connectivity index (χ3v) is 5.68. The van der Waals surface area contributed by atoms with Gasteiger partial charge in [-0.2, -0.15) is 24.9 Å². The molecule has 34 heavy (non-hydrogen) atoms. The quantitative estimate of drug-likeness (QED) is 0.295. The molecule has 1 aromatic carbocycles. The van der Waals surface area contributed by atoms with Crippen molar-refractivity contribution in [2.45, 2.75) is 51.8 Å². The van der Waals surface area contributed by atoms with Crippen molar-refractivity contribution < 1.29 is 42.1 Å². The molecule has 1 aromatic rings. The van der Waals surface area contributed by atoms with Gasteiger partial charge in [0.15, 0.2) is 12.7 Å². The van der Waals surface area contributed by atoms with E-state index < -0.39 is 30.9 Å². The number of alkyl halides is 3. The maximum absolute atomic E-state index is 12.4. The molecule has 0 aliphatic rings. The standard InChI is InChI=1S/C23H34F3NO6S/c1-3-5-6-14-34-15-12-27(22(30)33-17-23(24,25)26)11-13-32-19-9-7-18(8-10-19)16-20(21(28)29)31-4-2/h7-10,20H,3-6,11-17H2,1-2H3,(H,28,29). The Morgan fingerprint density at radius 1 is 1.09 bits per heavy atom. The van der Waals surface area contributed by atoms with E-state index in [2.05, 4.69) is 11.7 Å². The van der Waals surface area contributed by atoms with Crippen molar-refractivity contribution in [3.63, 3.8) is 0 Å². The van der Waals surface area contributed by atoms with Crippen LogP contribution >= 0.6 is 11.8 Å². The van der Waals surface area contributed by atoms with Gasteiger partial charge in [0, 0.05) is 25.3 Å². The Bertz CT molecular complexity index is 718. The van der Waals surface area contributed by atoms with E-state index in [0.29, 0.717) is 11.5 Å². The Hall–Kier alpha value is -2.14. The maximum Gasteiger partial charge on any atom is 0.422 e. The number of carboxylic acids is 1. The van der Waals surface area contributed by atoms with Crippen LogP contribution in [0, 0.1) is 0 Å². The summed E-state index contributed by atoms with van der Waals surface area (Å²) < 4.78 is 52.5. The van der Waals surface area contributed by atoms with Crippen LogP contribution in [-0.4, -0.2) is 78.8 Å². The predicted octanol–water partition coefficient (Wildman–Crippen LogP) is 5.02. The van der Waals surface area contributed by atoms with Gasteiger partial charge < -0.3 is 24.2 Å². The fraction of sp³-hybridized carbons (Fsp3) is 0.652. The number of halogens is 3. The molecular weight excluding hydrogens is 475 g/mol. The molecule has 7 nitrogen and oxygen atoms in total. The molecule has 0 spiro atoms. The van der Waals surface area contributed by atoms with E-state index in [1.54, 1.807) is 43.0 Å². The third kappa shape index (κ3) is 13.5. The molecule has 0 heterocycles. The number of hydrogen-bond donors (Lipinski definition) is 1. The predicted molar refractivity (Wildman–Crippen MR) is 125 cm³/mol. The number of unbranched alkanes of at least 4 members (excludes halogenated alkanes) is 2. The number of ether oxygens (including phenoxy) is 3. The van der Waals surface area contributed by atoms with Gasteiger partial charge in [0.1, 0.15) is 12.4 Å². The monoisotopic (exact) mass is 509 g/mol. The summed E-state index contributed by atoms with van der Waals surface area (Å²) in [6, 6.07) is 6.76. The first-order valence-corrected chi connectivity index (χ1v) is 12.4. The summed E-state index contributed by atoms with van der Waals surface area (Å²) in [6.07, 6.45) is -3.08. The van der Waals surface area contributed by atoms with E-state index in [0.717, 1.165) is 30.6 Å². The first kappa shape index (κ1) is 29.9. The van der Waals surface area contributed by atoms with Gasteiger partial charge >= 0.3 is 18.2 Å². The molecule has 194 valence electrons. The normalized spacial score (nSPS) is 12.3. The summed E-state index contributed by atoms with van der Waals surface area (Å²) in [6.45, 7) is 2.87. The van der Waals surface area contributed by atoms with Crippen LogP contribution in [0.2, 0.25) is 0 Å². The molecule has 0 aromatic heterocycles. The van der Waals surface area contributed by atoms with E-state index in [-0.39, 0.29) is 32.7 Å². The first-order chi connectivity index (χ1) is 16.2. The lowest BCUT2D eigenvalue weighted by Crippen LogP contribution is -2.38. The smallest absolute Gasteiger partial charge is 0.422 e. The minimum atomic E-state index is -4.59. The summed E-state index contributed by atoms with van der Waals surface area (Å²) in [5.41, 5.74) is 0.755. The van der Waals surface area contributed by atoms with Gasteiger partial charge in [0.2, 0.25) is 0 Å². The fourth-order valence-electron chi connectivity index (χ4n) is 2.89. The Morgan fingerprint density at radius 3 is 2.38 bits per heavy atom. The van der Waals surface area contributed by atoms with Crippen molar-refractivity contribution in [2.75, 3.05) is 44.4 Å². The minimum absolute atomic E-state index is 0.0671. The van der Waals surface area contributed by atoms with Gasteiger partial charge in [-0.25, -0.2) is 9.59 Å². The van der Waals surface area contributed by atoms with Gasteiger partial charge in [-0.05, 0) is 36.8 Å². The Labute approximate surface area is 202 Å². The molecule has 0 aliphatic carbocycles. The number of amides is 1. The van der Waals surface area contributed by atoms with Crippen LogP contribution in [0.25, 0.3) is 0 Å². The van der Waals surface area contributed by atoms with E-state index in [9.17, 15) is 27.9 Å². The highest BCUT2D eigenvalue weighted by Crippen LogP contribution is 2.17. The van der Waals surface area contributed by atoms with Crippen molar-refractivity contribution in [1.29, 1.82) is 0 Å². The second kappa shape index (κ2) is 16.5. The maximum atomic E-state index is 12.4. The zero-order chi connectivity index (χ0) is 25.4. The minimum Gasteiger partial charge on any atom is -0.492 e. The fourth-order valence-corrected chi connectivity index (χ4v) is 3.85. The average Bonchev–Trinajstić information content (AvgIpc) is 2.78. The molecule has 1 rings (SSSR count). The van der Waals surface area contributed by atoms with Crippen LogP contribution in [0.3, 0.4) is 0 Å². The summed E-state index contributed by atoms with van der Waals surface area (Å²) >= 11 is 1.64. The van der Waals surface area contributed by atoms with Crippen molar-refractivity contribution >= 4 is 23.8 Å². The number of carbonyl (C=O) groups is 2. The number of nitrogens with zero attached hydrogens (tertiary/aromatic N) is 1. The molecule has 0 fully saturated rings. The van der Waals surface area contributed by atoms with Gasteiger partial charge in [-0.1, -0.05) is 31.9 Å². The Kier molecular flexibility index (Phi) is 14.5. The van der Waals surface area contributed by atoms with Gasteiger partial charge in [0.05, 0.1) is 6.54 Å². The lowest BCUT2D eigenvalue weighted by molar-refractivity contribution is -0.162. The number of thioether (sulfide) groups is 1. The molecule has 1 N–H and O–H groups in total. The van der Waals surface area contributed by atoms with Crippen LogP contribution in [0.1, 0.15) is 38.7 Å². The SMILES string of the molecule is CCCCCSCCN(CCOc1ccc(CC(OCC)C(=O)O)cc1)C(=O)OCC(F)(F)F. The Morgan fingerprint density at radius 2 is 1.79 bits per heavy atom. The van der Waals surface area contributed by atoms with Crippen molar-refractivity contribution in [3.8, 4) is 5.75 Å². The van der Waals surface area contributed by atoms with E-state index in [1.807, 2.05) is 0 Å². The second-order valence-electron chi connectivity index (χ2n) is 7.46. The topological polar surface area (TPSA) is 85.3 Å². The number of hydrogen-bond acceptors (Lipinski definition) is 6. The van der Waals surface area contributed by atoms with Crippen LogP contribution in [0.4, 0.5) is 18.0 Å². The average molecular weight is 510 g/mol. The Balaban J connectivity index is 2.56. The molecule has 0 saturated carbocycles. The third-order valence-electron chi connectivity index (χ3n) is 4.63. The highest BCUT2D eigenvalue weighted by atomic mass is 32.2.